The molecule has 1 saturated carbocycles. The minimum Gasteiger partial charge on any atom is -0.300 e. The zero-order valence-corrected chi connectivity index (χ0v) is 12.0. The number of Topliss-reactive ketones (excluding diaryl/α,β-unsaturated/α-hetero) is 1. The van der Waals surface area contributed by atoms with Crippen molar-refractivity contribution in [2.24, 2.45) is 17.8 Å². The summed E-state index contributed by atoms with van der Waals surface area (Å²) in [5.74, 6) is 3.29. The van der Waals surface area contributed by atoms with Crippen molar-refractivity contribution >= 4 is 5.78 Å². The highest BCUT2D eigenvalue weighted by atomic mass is 16.1. The highest BCUT2D eigenvalue weighted by molar-refractivity contribution is 5.75. The van der Waals surface area contributed by atoms with E-state index >= 15 is 0 Å². The molecule has 1 fully saturated rings. The van der Waals surface area contributed by atoms with E-state index in [0.717, 1.165) is 30.6 Å². The van der Waals surface area contributed by atoms with Gasteiger partial charge in [-0.1, -0.05) is 52.4 Å². The maximum atomic E-state index is 10.8. The van der Waals surface area contributed by atoms with Crippen LogP contribution in [0.4, 0.5) is 0 Å². The quantitative estimate of drug-likeness (QED) is 0.544. The molecule has 0 heterocycles. The van der Waals surface area contributed by atoms with Crippen molar-refractivity contribution < 1.29 is 4.79 Å². The second-order valence-corrected chi connectivity index (χ2v) is 6.07. The summed E-state index contributed by atoms with van der Waals surface area (Å²) in [7, 11) is 0. The lowest BCUT2D eigenvalue weighted by molar-refractivity contribution is -0.117. The Morgan fingerprint density at radius 1 is 1.12 bits per heavy atom. The SMILES string of the molecule is CCCC1C(C)CCC1CCCCCC(C)=O. The molecular weight excluding hydrogens is 208 g/mol. The van der Waals surface area contributed by atoms with E-state index in [4.69, 9.17) is 0 Å². The van der Waals surface area contributed by atoms with Crippen LogP contribution < -0.4 is 0 Å². The van der Waals surface area contributed by atoms with E-state index in [2.05, 4.69) is 13.8 Å². The number of rotatable bonds is 8. The fourth-order valence-electron chi connectivity index (χ4n) is 3.54. The summed E-state index contributed by atoms with van der Waals surface area (Å²) in [6.45, 7) is 6.46. The van der Waals surface area contributed by atoms with Crippen molar-refractivity contribution in [3.63, 3.8) is 0 Å². The Bertz CT molecular complexity index is 222. The first-order chi connectivity index (χ1) is 8.15. The van der Waals surface area contributed by atoms with E-state index in [1.165, 1.54) is 44.9 Å². The number of ketones is 1. The minimum absolute atomic E-state index is 0.350. The predicted octanol–water partition coefficient (Wildman–Crippen LogP) is 4.99. The second-order valence-electron chi connectivity index (χ2n) is 6.07. The number of carbonyl (C=O) groups is 1. The maximum Gasteiger partial charge on any atom is 0.129 e. The van der Waals surface area contributed by atoms with E-state index in [1.54, 1.807) is 6.92 Å². The van der Waals surface area contributed by atoms with Crippen LogP contribution in [0.15, 0.2) is 0 Å². The molecular formula is C16H30O. The summed E-state index contributed by atoms with van der Waals surface area (Å²) in [5, 5.41) is 0. The number of hydrogen-bond donors (Lipinski definition) is 0. The molecule has 0 N–H and O–H groups in total. The molecule has 3 atom stereocenters. The van der Waals surface area contributed by atoms with Crippen LogP contribution in [0, 0.1) is 17.8 Å². The topological polar surface area (TPSA) is 17.1 Å². The summed E-state index contributed by atoms with van der Waals surface area (Å²) in [5.41, 5.74) is 0. The molecule has 0 amide bonds. The zero-order valence-electron chi connectivity index (χ0n) is 12.0. The Labute approximate surface area is 107 Å². The molecule has 1 nitrogen and oxygen atoms in total. The van der Waals surface area contributed by atoms with E-state index in [0.29, 0.717) is 5.78 Å². The van der Waals surface area contributed by atoms with Crippen molar-refractivity contribution in [3.8, 4) is 0 Å². The Kier molecular flexibility index (Phi) is 6.84. The third-order valence-corrected chi connectivity index (χ3v) is 4.55. The molecule has 0 saturated heterocycles. The first-order valence-electron chi connectivity index (χ1n) is 7.64. The van der Waals surface area contributed by atoms with Crippen LogP contribution >= 0.6 is 0 Å². The lowest BCUT2D eigenvalue weighted by Gasteiger charge is -2.22. The standard InChI is InChI=1S/C16H30O/c1-4-8-16-13(2)11-12-15(16)10-7-5-6-9-14(3)17/h13,15-16H,4-12H2,1-3H3. The van der Waals surface area contributed by atoms with Gasteiger partial charge in [-0.05, 0) is 37.5 Å². The Morgan fingerprint density at radius 3 is 2.53 bits per heavy atom. The molecule has 100 valence electrons. The van der Waals surface area contributed by atoms with E-state index < -0.39 is 0 Å². The van der Waals surface area contributed by atoms with Crippen LogP contribution in [0.2, 0.25) is 0 Å². The van der Waals surface area contributed by atoms with Crippen LogP contribution in [0.5, 0.6) is 0 Å². The summed E-state index contributed by atoms with van der Waals surface area (Å²) >= 11 is 0. The van der Waals surface area contributed by atoms with Gasteiger partial charge >= 0.3 is 0 Å². The molecule has 0 bridgehead atoms. The molecule has 1 aliphatic carbocycles. The number of carbonyl (C=O) groups excluding carboxylic acids is 1. The molecule has 0 aromatic carbocycles. The van der Waals surface area contributed by atoms with Crippen LogP contribution in [0.3, 0.4) is 0 Å². The predicted molar refractivity (Wildman–Crippen MR) is 74.1 cm³/mol. The van der Waals surface area contributed by atoms with Crippen LogP contribution in [0.1, 0.15) is 78.6 Å². The summed E-state index contributed by atoms with van der Waals surface area (Å²) < 4.78 is 0. The Hall–Kier alpha value is -0.330. The molecule has 0 aromatic heterocycles. The van der Waals surface area contributed by atoms with Crippen LogP contribution in [-0.2, 0) is 4.79 Å². The van der Waals surface area contributed by atoms with Crippen molar-refractivity contribution in [3.05, 3.63) is 0 Å². The van der Waals surface area contributed by atoms with E-state index in [9.17, 15) is 4.79 Å². The number of hydrogen-bond acceptors (Lipinski definition) is 1. The van der Waals surface area contributed by atoms with Gasteiger partial charge in [0.15, 0.2) is 0 Å². The second kappa shape index (κ2) is 7.89. The van der Waals surface area contributed by atoms with Crippen LogP contribution in [-0.4, -0.2) is 5.78 Å². The molecule has 1 aliphatic rings. The van der Waals surface area contributed by atoms with Crippen molar-refractivity contribution in [2.45, 2.75) is 78.6 Å². The van der Waals surface area contributed by atoms with Gasteiger partial charge in [-0.25, -0.2) is 0 Å². The van der Waals surface area contributed by atoms with Crippen molar-refractivity contribution in [1.29, 1.82) is 0 Å². The summed E-state index contributed by atoms with van der Waals surface area (Å²) in [4.78, 5) is 10.8. The smallest absolute Gasteiger partial charge is 0.129 e. The van der Waals surface area contributed by atoms with Gasteiger partial charge in [-0.15, -0.1) is 0 Å². The van der Waals surface area contributed by atoms with Crippen molar-refractivity contribution in [1.82, 2.24) is 0 Å². The minimum atomic E-state index is 0.350. The fraction of sp³-hybridized carbons (Fsp3) is 0.938. The highest BCUT2D eigenvalue weighted by Gasteiger charge is 2.31. The summed E-state index contributed by atoms with van der Waals surface area (Å²) in [6.07, 6.45) is 11.6. The Morgan fingerprint density at radius 2 is 1.88 bits per heavy atom. The zero-order chi connectivity index (χ0) is 12.7. The maximum absolute atomic E-state index is 10.8. The largest absolute Gasteiger partial charge is 0.300 e. The first-order valence-corrected chi connectivity index (χ1v) is 7.64. The summed E-state index contributed by atoms with van der Waals surface area (Å²) in [6, 6.07) is 0. The normalized spacial score (nSPS) is 28.5. The van der Waals surface area contributed by atoms with Gasteiger partial charge in [-0.3, -0.25) is 0 Å². The van der Waals surface area contributed by atoms with E-state index in [1.807, 2.05) is 0 Å². The van der Waals surface area contributed by atoms with Gasteiger partial charge in [0.25, 0.3) is 0 Å². The van der Waals surface area contributed by atoms with Gasteiger partial charge in [0.2, 0.25) is 0 Å². The average Bonchev–Trinajstić information content (AvgIpc) is 2.61. The average molecular weight is 238 g/mol. The van der Waals surface area contributed by atoms with Crippen molar-refractivity contribution in [2.75, 3.05) is 0 Å². The van der Waals surface area contributed by atoms with E-state index in [-0.39, 0.29) is 0 Å². The molecule has 1 heteroatoms. The van der Waals surface area contributed by atoms with Gasteiger partial charge in [0.1, 0.15) is 5.78 Å². The van der Waals surface area contributed by atoms with Gasteiger partial charge in [-0.2, -0.15) is 0 Å². The molecule has 17 heavy (non-hydrogen) atoms. The molecule has 1 rings (SSSR count). The third-order valence-electron chi connectivity index (χ3n) is 4.55. The third kappa shape index (κ3) is 5.23. The molecule has 0 aromatic rings. The Balaban J connectivity index is 2.15. The van der Waals surface area contributed by atoms with Crippen LogP contribution in [0.25, 0.3) is 0 Å². The highest BCUT2D eigenvalue weighted by Crippen LogP contribution is 2.42. The number of unbranched alkanes of at least 4 members (excludes halogenated alkanes) is 2. The first kappa shape index (κ1) is 14.7. The van der Waals surface area contributed by atoms with Gasteiger partial charge in [0, 0.05) is 6.42 Å². The molecule has 0 radical (unpaired) electrons. The molecule has 3 unspecified atom stereocenters. The molecule has 0 aliphatic heterocycles. The molecule has 0 spiro atoms. The van der Waals surface area contributed by atoms with Gasteiger partial charge in [0.05, 0.1) is 0 Å². The lowest BCUT2D eigenvalue weighted by atomic mass is 9.84. The lowest BCUT2D eigenvalue weighted by Crippen LogP contribution is -2.13. The monoisotopic (exact) mass is 238 g/mol. The van der Waals surface area contributed by atoms with Gasteiger partial charge < -0.3 is 4.79 Å². The fourth-order valence-corrected chi connectivity index (χ4v) is 3.54.